The number of hydrogen-bond donors (Lipinski definition) is 1. The molecule has 0 heterocycles. The summed E-state index contributed by atoms with van der Waals surface area (Å²) in [5.74, 6) is 0.864. The van der Waals surface area contributed by atoms with Gasteiger partial charge in [0.25, 0.3) is 0 Å². The molecule has 0 aliphatic heterocycles. The number of nitrogens with one attached hydrogen (secondary N) is 1. The molecule has 138 valence electrons. The normalized spacial score (nSPS) is 15.6. The third-order valence-corrected chi connectivity index (χ3v) is 5.13. The lowest BCUT2D eigenvalue weighted by atomic mass is 9.77. The molecule has 0 radical (unpaired) electrons. The third kappa shape index (κ3) is 4.07. The molecule has 3 rings (SSSR count). The highest BCUT2D eigenvalue weighted by molar-refractivity contribution is 5.99. The van der Waals surface area contributed by atoms with Crippen molar-refractivity contribution in [3.8, 4) is 5.75 Å². The van der Waals surface area contributed by atoms with Gasteiger partial charge in [-0.25, -0.2) is 0 Å². The summed E-state index contributed by atoms with van der Waals surface area (Å²) in [6.45, 7) is 3.14. The Labute approximate surface area is 155 Å². The molecule has 2 aromatic carbocycles. The molecular weight excluding hydrogens is 326 g/mol. The standard InChI is InChI=1S/C22H27NO3/c1-17-6-5-7-18(16-17)22(12-3-4-13-22)21(24)23-19-8-10-20(11-9-19)26-15-14-25-2/h5-11,16H,3-4,12-15H2,1-2H3,(H,23,24). The molecule has 0 saturated heterocycles. The third-order valence-electron chi connectivity index (χ3n) is 5.13. The van der Waals surface area contributed by atoms with E-state index in [9.17, 15) is 4.79 Å². The molecule has 0 atom stereocenters. The summed E-state index contributed by atoms with van der Waals surface area (Å²) in [6.07, 6.45) is 3.99. The van der Waals surface area contributed by atoms with Crippen LogP contribution < -0.4 is 10.1 Å². The first-order valence-electron chi connectivity index (χ1n) is 9.24. The van der Waals surface area contributed by atoms with Crippen LogP contribution in [0.25, 0.3) is 0 Å². The number of rotatable bonds is 7. The van der Waals surface area contributed by atoms with E-state index in [2.05, 4.69) is 30.4 Å². The van der Waals surface area contributed by atoms with Crippen molar-refractivity contribution >= 4 is 11.6 Å². The maximum absolute atomic E-state index is 13.2. The Morgan fingerprint density at radius 2 is 1.81 bits per heavy atom. The Balaban J connectivity index is 1.73. The highest BCUT2D eigenvalue weighted by Gasteiger charge is 2.42. The fraction of sp³-hybridized carbons (Fsp3) is 0.409. The monoisotopic (exact) mass is 353 g/mol. The lowest BCUT2D eigenvalue weighted by Gasteiger charge is -2.28. The number of anilines is 1. The molecular formula is C22H27NO3. The van der Waals surface area contributed by atoms with Crippen molar-refractivity contribution in [1.29, 1.82) is 0 Å². The van der Waals surface area contributed by atoms with Crippen LogP contribution in [0.4, 0.5) is 5.69 Å². The molecule has 0 bridgehead atoms. The number of benzene rings is 2. The summed E-state index contributed by atoms with van der Waals surface area (Å²) in [5.41, 5.74) is 2.71. The Kier molecular flexibility index (Phi) is 5.94. The second kappa shape index (κ2) is 8.37. The molecule has 0 aromatic heterocycles. The Morgan fingerprint density at radius 1 is 1.08 bits per heavy atom. The van der Waals surface area contributed by atoms with Crippen LogP contribution in [-0.2, 0) is 14.9 Å². The van der Waals surface area contributed by atoms with Crippen LogP contribution in [-0.4, -0.2) is 26.2 Å². The van der Waals surface area contributed by atoms with E-state index < -0.39 is 5.41 Å². The average molecular weight is 353 g/mol. The predicted molar refractivity (Wildman–Crippen MR) is 104 cm³/mol. The molecule has 1 aliphatic rings. The van der Waals surface area contributed by atoms with E-state index in [0.29, 0.717) is 13.2 Å². The van der Waals surface area contributed by atoms with E-state index >= 15 is 0 Å². The first kappa shape index (κ1) is 18.5. The van der Waals surface area contributed by atoms with Gasteiger partial charge in [-0.1, -0.05) is 42.7 Å². The van der Waals surface area contributed by atoms with E-state index in [0.717, 1.165) is 42.7 Å². The summed E-state index contributed by atoms with van der Waals surface area (Å²) >= 11 is 0. The molecule has 26 heavy (non-hydrogen) atoms. The van der Waals surface area contributed by atoms with Crippen LogP contribution in [0.15, 0.2) is 48.5 Å². The van der Waals surface area contributed by atoms with E-state index in [1.165, 1.54) is 5.56 Å². The zero-order chi connectivity index (χ0) is 18.4. The molecule has 0 unspecified atom stereocenters. The summed E-state index contributed by atoms with van der Waals surface area (Å²) in [6, 6.07) is 15.9. The molecule has 1 fully saturated rings. The van der Waals surface area contributed by atoms with Crippen LogP contribution in [0, 0.1) is 6.92 Å². The van der Waals surface area contributed by atoms with Crippen molar-refractivity contribution in [2.45, 2.75) is 38.0 Å². The molecule has 0 spiro atoms. The molecule has 2 aromatic rings. The average Bonchev–Trinajstić information content (AvgIpc) is 3.15. The topological polar surface area (TPSA) is 47.6 Å². The number of ether oxygens (including phenoxy) is 2. The fourth-order valence-corrected chi connectivity index (χ4v) is 3.70. The van der Waals surface area contributed by atoms with Crippen molar-refractivity contribution in [3.05, 3.63) is 59.7 Å². The van der Waals surface area contributed by atoms with Crippen molar-refractivity contribution in [1.82, 2.24) is 0 Å². The van der Waals surface area contributed by atoms with Crippen molar-refractivity contribution in [2.24, 2.45) is 0 Å². The largest absolute Gasteiger partial charge is 0.491 e. The molecule has 4 heteroatoms. The lowest BCUT2D eigenvalue weighted by molar-refractivity contribution is -0.121. The predicted octanol–water partition coefficient (Wildman–Crippen LogP) is 4.47. The van der Waals surface area contributed by atoms with Gasteiger partial charge in [-0.15, -0.1) is 0 Å². The summed E-state index contributed by atoms with van der Waals surface area (Å²) in [7, 11) is 1.65. The first-order chi connectivity index (χ1) is 12.6. The quantitative estimate of drug-likeness (QED) is 0.747. The highest BCUT2D eigenvalue weighted by Crippen LogP contribution is 2.42. The Hall–Kier alpha value is -2.33. The van der Waals surface area contributed by atoms with Gasteiger partial charge in [-0.05, 0) is 49.6 Å². The lowest BCUT2D eigenvalue weighted by Crippen LogP contribution is -2.38. The Morgan fingerprint density at radius 3 is 2.46 bits per heavy atom. The van der Waals surface area contributed by atoms with E-state index in [4.69, 9.17) is 9.47 Å². The van der Waals surface area contributed by atoms with E-state index in [1.54, 1.807) is 7.11 Å². The van der Waals surface area contributed by atoms with Crippen LogP contribution in [0.2, 0.25) is 0 Å². The van der Waals surface area contributed by atoms with Gasteiger partial charge in [0.1, 0.15) is 12.4 Å². The van der Waals surface area contributed by atoms with Crippen LogP contribution in [0.3, 0.4) is 0 Å². The molecule has 1 N–H and O–H groups in total. The van der Waals surface area contributed by atoms with E-state index in [1.807, 2.05) is 30.3 Å². The number of methoxy groups -OCH3 is 1. The van der Waals surface area contributed by atoms with Crippen LogP contribution >= 0.6 is 0 Å². The summed E-state index contributed by atoms with van der Waals surface area (Å²) in [5, 5.41) is 3.12. The van der Waals surface area contributed by atoms with Gasteiger partial charge in [0.15, 0.2) is 0 Å². The van der Waals surface area contributed by atoms with Crippen molar-refractivity contribution < 1.29 is 14.3 Å². The van der Waals surface area contributed by atoms with Crippen LogP contribution in [0.1, 0.15) is 36.8 Å². The number of carbonyl (C=O) groups is 1. The minimum Gasteiger partial charge on any atom is -0.491 e. The summed E-state index contributed by atoms with van der Waals surface area (Å²) < 4.78 is 10.5. The molecule has 1 amide bonds. The smallest absolute Gasteiger partial charge is 0.235 e. The van der Waals surface area contributed by atoms with Crippen molar-refractivity contribution in [3.63, 3.8) is 0 Å². The van der Waals surface area contributed by atoms with Gasteiger partial charge < -0.3 is 14.8 Å². The fourth-order valence-electron chi connectivity index (χ4n) is 3.70. The zero-order valence-corrected chi connectivity index (χ0v) is 15.6. The van der Waals surface area contributed by atoms with Gasteiger partial charge in [0.05, 0.1) is 12.0 Å². The van der Waals surface area contributed by atoms with Crippen LogP contribution in [0.5, 0.6) is 5.75 Å². The van der Waals surface area contributed by atoms with Gasteiger partial charge in [-0.2, -0.15) is 0 Å². The number of hydrogen-bond acceptors (Lipinski definition) is 3. The first-order valence-corrected chi connectivity index (χ1v) is 9.24. The molecule has 4 nitrogen and oxygen atoms in total. The maximum atomic E-state index is 13.2. The Bertz CT molecular complexity index is 733. The second-order valence-electron chi connectivity index (χ2n) is 6.98. The summed E-state index contributed by atoms with van der Waals surface area (Å²) in [4.78, 5) is 13.2. The minimum atomic E-state index is -0.417. The highest BCUT2D eigenvalue weighted by atomic mass is 16.5. The number of aryl methyl sites for hydroxylation is 1. The van der Waals surface area contributed by atoms with Gasteiger partial charge >= 0.3 is 0 Å². The van der Waals surface area contributed by atoms with Gasteiger partial charge in [-0.3, -0.25) is 4.79 Å². The maximum Gasteiger partial charge on any atom is 0.235 e. The SMILES string of the molecule is COCCOc1ccc(NC(=O)C2(c3cccc(C)c3)CCCC2)cc1. The van der Waals surface area contributed by atoms with E-state index in [-0.39, 0.29) is 5.91 Å². The second-order valence-corrected chi connectivity index (χ2v) is 6.98. The van der Waals surface area contributed by atoms with Gasteiger partial charge in [0.2, 0.25) is 5.91 Å². The zero-order valence-electron chi connectivity index (χ0n) is 15.6. The van der Waals surface area contributed by atoms with Crippen molar-refractivity contribution in [2.75, 3.05) is 25.6 Å². The molecule has 1 aliphatic carbocycles. The number of amides is 1. The number of carbonyl (C=O) groups excluding carboxylic acids is 1. The van der Waals surface area contributed by atoms with Gasteiger partial charge in [0, 0.05) is 12.8 Å². The minimum absolute atomic E-state index is 0.0913. The molecule has 1 saturated carbocycles.